The Kier molecular flexibility index (Phi) is 4.83. The Morgan fingerprint density at radius 1 is 1.11 bits per heavy atom. The lowest BCUT2D eigenvalue weighted by molar-refractivity contribution is 0.302. The quantitative estimate of drug-likeness (QED) is 0.892. The molecule has 0 aliphatic carbocycles. The Morgan fingerprint density at radius 3 is 2.53 bits per heavy atom. The van der Waals surface area contributed by atoms with Crippen molar-refractivity contribution in [1.82, 2.24) is 5.32 Å². The van der Waals surface area contributed by atoms with E-state index in [9.17, 15) is 0 Å². The van der Waals surface area contributed by atoms with Crippen LogP contribution in [0.4, 0.5) is 0 Å². The van der Waals surface area contributed by atoms with E-state index in [-0.39, 0.29) is 0 Å². The van der Waals surface area contributed by atoms with Crippen molar-refractivity contribution in [2.45, 2.75) is 20.1 Å². The number of nitrogens with one attached hydrogen (secondary N) is 1. The number of benzene rings is 2. The molecule has 0 aliphatic heterocycles. The summed E-state index contributed by atoms with van der Waals surface area (Å²) < 4.78 is 5.87. The first kappa shape index (κ1) is 13.9. The van der Waals surface area contributed by atoms with Crippen molar-refractivity contribution < 1.29 is 4.74 Å². The second-order valence-electron chi connectivity index (χ2n) is 4.56. The highest BCUT2D eigenvalue weighted by molar-refractivity contribution is 6.30. The predicted molar refractivity (Wildman–Crippen MR) is 79.7 cm³/mol. The van der Waals surface area contributed by atoms with Crippen LogP contribution in [-0.2, 0) is 13.2 Å². The maximum atomic E-state index is 6.00. The lowest BCUT2D eigenvalue weighted by atomic mass is 10.1. The summed E-state index contributed by atoms with van der Waals surface area (Å²) in [4.78, 5) is 0. The van der Waals surface area contributed by atoms with Crippen molar-refractivity contribution in [2.75, 3.05) is 7.05 Å². The van der Waals surface area contributed by atoms with Gasteiger partial charge in [-0.1, -0.05) is 41.4 Å². The molecule has 0 radical (unpaired) electrons. The van der Waals surface area contributed by atoms with Crippen molar-refractivity contribution in [1.29, 1.82) is 0 Å². The van der Waals surface area contributed by atoms with Crippen molar-refractivity contribution in [2.24, 2.45) is 0 Å². The van der Waals surface area contributed by atoms with Gasteiger partial charge in [-0.3, -0.25) is 0 Å². The third-order valence-electron chi connectivity index (χ3n) is 2.90. The maximum absolute atomic E-state index is 6.00. The van der Waals surface area contributed by atoms with Crippen LogP contribution in [0.5, 0.6) is 5.75 Å². The summed E-state index contributed by atoms with van der Waals surface area (Å²) >= 11 is 6.00. The highest BCUT2D eigenvalue weighted by Crippen LogP contribution is 2.23. The van der Waals surface area contributed by atoms with Gasteiger partial charge in [0.1, 0.15) is 12.4 Å². The van der Waals surface area contributed by atoms with Gasteiger partial charge in [-0.25, -0.2) is 0 Å². The minimum absolute atomic E-state index is 0.568. The molecule has 19 heavy (non-hydrogen) atoms. The normalized spacial score (nSPS) is 10.5. The molecule has 0 saturated carbocycles. The second kappa shape index (κ2) is 6.60. The molecule has 0 spiro atoms. The third kappa shape index (κ3) is 3.98. The SMILES string of the molecule is CNCc1cc(Cl)ccc1OCc1ccc(C)cc1. The number of halogens is 1. The molecular weight excluding hydrogens is 258 g/mol. The van der Waals surface area contributed by atoms with E-state index < -0.39 is 0 Å². The maximum Gasteiger partial charge on any atom is 0.124 e. The van der Waals surface area contributed by atoms with Gasteiger partial charge in [-0.2, -0.15) is 0 Å². The molecule has 0 fully saturated rings. The fraction of sp³-hybridized carbons (Fsp3) is 0.250. The Morgan fingerprint density at radius 2 is 1.84 bits per heavy atom. The van der Waals surface area contributed by atoms with Crippen molar-refractivity contribution in [3.63, 3.8) is 0 Å². The number of hydrogen-bond acceptors (Lipinski definition) is 2. The van der Waals surface area contributed by atoms with E-state index in [1.807, 2.05) is 25.2 Å². The largest absolute Gasteiger partial charge is 0.489 e. The number of hydrogen-bond donors (Lipinski definition) is 1. The van der Waals surface area contributed by atoms with Gasteiger partial charge in [0.15, 0.2) is 0 Å². The molecule has 0 atom stereocenters. The van der Waals surface area contributed by atoms with Crippen LogP contribution in [0.2, 0.25) is 5.02 Å². The van der Waals surface area contributed by atoms with Crippen LogP contribution < -0.4 is 10.1 Å². The summed E-state index contributed by atoms with van der Waals surface area (Å²) in [6, 6.07) is 14.1. The molecule has 2 nitrogen and oxygen atoms in total. The molecule has 1 N–H and O–H groups in total. The second-order valence-corrected chi connectivity index (χ2v) is 4.99. The fourth-order valence-corrected chi connectivity index (χ4v) is 2.06. The van der Waals surface area contributed by atoms with E-state index in [4.69, 9.17) is 16.3 Å². The molecule has 0 heterocycles. The number of aryl methyl sites for hydroxylation is 1. The topological polar surface area (TPSA) is 21.3 Å². The lowest BCUT2D eigenvalue weighted by Gasteiger charge is -2.12. The number of rotatable bonds is 5. The standard InChI is InChI=1S/C16H18ClNO/c1-12-3-5-13(6-4-12)11-19-16-8-7-15(17)9-14(16)10-18-2/h3-9,18H,10-11H2,1-2H3. The Bertz CT molecular complexity index is 537. The molecule has 0 bridgehead atoms. The summed E-state index contributed by atoms with van der Waals surface area (Å²) in [5.41, 5.74) is 3.49. The summed E-state index contributed by atoms with van der Waals surface area (Å²) in [5, 5.41) is 3.85. The molecule has 2 aromatic carbocycles. The molecular formula is C16H18ClNO. The molecule has 2 aromatic rings. The first-order valence-electron chi connectivity index (χ1n) is 6.30. The first-order valence-corrected chi connectivity index (χ1v) is 6.68. The zero-order valence-corrected chi connectivity index (χ0v) is 12.0. The van der Waals surface area contributed by atoms with Crippen LogP contribution >= 0.6 is 11.6 Å². The molecule has 3 heteroatoms. The van der Waals surface area contributed by atoms with Gasteiger partial charge >= 0.3 is 0 Å². The molecule has 0 saturated heterocycles. The highest BCUT2D eigenvalue weighted by Gasteiger charge is 2.04. The Hall–Kier alpha value is -1.51. The molecule has 100 valence electrons. The molecule has 0 amide bonds. The predicted octanol–water partition coefficient (Wildman–Crippen LogP) is 3.95. The zero-order valence-electron chi connectivity index (χ0n) is 11.2. The van der Waals surface area contributed by atoms with Crippen LogP contribution in [0.3, 0.4) is 0 Å². The van der Waals surface area contributed by atoms with E-state index in [2.05, 4.69) is 36.5 Å². The van der Waals surface area contributed by atoms with Crippen LogP contribution in [0.1, 0.15) is 16.7 Å². The Balaban J connectivity index is 2.08. The van der Waals surface area contributed by atoms with Gasteiger partial charge in [-0.15, -0.1) is 0 Å². The van der Waals surface area contributed by atoms with Crippen LogP contribution in [0.15, 0.2) is 42.5 Å². The van der Waals surface area contributed by atoms with Crippen molar-refractivity contribution in [3.05, 3.63) is 64.2 Å². The van der Waals surface area contributed by atoms with E-state index >= 15 is 0 Å². The van der Waals surface area contributed by atoms with Gasteiger partial charge < -0.3 is 10.1 Å². The van der Waals surface area contributed by atoms with Gasteiger partial charge in [0.25, 0.3) is 0 Å². The average Bonchev–Trinajstić information content (AvgIpc) is 2.40. The third-order valence-corrected chi connectivity index (χ3v) is 3.14. The summed E-state index contributed by atoms with van der Waals surface area (Å²) in [7, 11) is 1.91. The van der Waals surface area contributed by atoms with E-state index in [1.165, 1.54) is 5.56 Å². The van der Waals surface area contributed by atoms with Crippen LogP contribution in [-0.4, -0.2) is 7.05 Å². The lowest BCUT2D eigenvalue weighted by Crippen LogP contribution is -2.07. The molecule has 0 unspecified atom stereocenters. The van der Waals surface area contributed by atoms with Crippen molar-refractivity contribution >= 4 is 11.6 Å². The van der Waals surface area contributed by atoms with E-state index in [0.717, 1.165) is 28.4 Å². The van der Waals surface area contributed by atoms with Gasteiger partial charge in [0.2, 0.25) is 0 Å². The highest BCUT2D eigenvalue weighted by atomic mass is 35.5. The smallest absolute Gasteiger partial charge is 0.124 e. The Labute approximate surface area is 119 Å². The minimum atomic E-state index is 0.568. The summed E-state index contributed by atoms with van der Waals surface area (Å²) in [6.07, 6.45) is 0. The van der Waals surface area contributed by atoms with Gasteiger partial charge in [-0.05, 0) is 37.7 Å². The monoisotopic (exact) mass is 275 g/mol. The van der Waals surface area contributed by atoms with Crippen LogP contribution in [0, 0.1) is 6.92 Å². The first-order chi connectivity index (χ1) is 9.19. The van der Waals surface area contributed by atoms with Crippen molar-refractivity contribution in [3.8, 4) is 5.75 Å². The molecule has 0 aliphatic rings. The molecule has 0 aromatic heterocycles. The van der Waals surface area contributed by atoms with Gasteiger partial charge in [0.05, 0.1) is 0 Å². The fourth-order valence-electron chi connectivity index (χ4n) is 1.86. The minimum Gasteiger partial charge on any atom is -0.489 e. The zero-order chi connectivity index (χ0) is 13.7. The van der Waals surface area contributed by atoms with E-state index in [1.54, 1.807) is 0 Å². The summed E-state index contributed by atoms with van der Waals surface area (Å²) in [6.45, 7) is 3.39. The average molecular weight is 276 g/mol. The van der Waals surface area contributed by atoms with E-state index in [0.29, 0.717) is 6.61 Å². The van der Waals surface area contributed by atoms with Gasteiger partial charge in [0, 0.05) is 17.1 Å². The van der Waals surface area contributed by atoms with Crippen LogP contribution in [0.25, 0.3) is 0 Å². The summed E-state index contributed by atoms with van der Waals surface area (Å²) in [5.74, 6) is 0.874. The number of ether oxygens (including phenoxy) is 1. The molecule has 2 rings (SSSR count).